The fraction of sp³-hybridized carbons (Fsp3) is 0.500. The SMILES string of the molecule is NCC1CCCC1NC(=O)CCc1nc(-c2ccncc2)no1. The highest BCUT2D eigenvalue weighted by Crippen LogP contribution is 2.24. The van der Waals surface area contributed by atoms with E-state index in [2.05, 4.69) is 20.4 Å². The van der Waals surface area contributed by atoms with Crippen molar-refractivity contribution < 1.29 is 9.32 Å². The number of nitrogens with one attached hydrogen (secondary N) is 1. The Morgan fingerprint density at radius 2 is 2.17 bits per heavy atom. The molecule has 1 saturated carbocycles. The second-order valence-corrected chi connectivity index (χ2v) is 5.85. The monoisotopic (exact) mass is 315 g/mol. The zero-order chi connectivity index (χ0) is 16.1. The molecule has 1 aliphatic rings. The second-order valence-electron chi connectivity index (χ2n) is 5.85. The standard InChI is InChI=1S/C16H21N5O2/c17-10-12-2-1-3-13(12)19-14(22)4-5-15-20-16(21-23-15)11-6-8-18-9-7-11/h6-9,12-13H,1-5,10,17H2,(H,19,22). The number of nitrogens with two attached hydrogens (primary N) is 1. The average Bonchev–Trinajstić information content (AvgIpc) is 3.23. The Kier molecular flexibility index (Phi) is 4.97. The van der Waals surface area contributed by atoms with Crippen molar-refractivity contribution in [1.82, 2.24) is 20.4 Å². The molecule has 0 spiro atoms. The quantitative estimate of drug-likeness (QED) is 0.832. The maximum Gasteiger partial charge on any atom is 0.227 e. The van der Waals surface area contributed by atoms with Crippen molar-refractivity contribution >= 4 is 5.91 Å². The van der Waals surface area contributed by atoms with Crippen LogP contribution in [0.4, 0.5) is 0 Å². The predicted octanol–water partition coefficient (Wildman–Crippen LogP) is 1.31. The van der Waals surface area contributed by atoms with Crippen LogP contribution in [0.3, 0.4) is 0 Å². The maximum absolute atomic E-state index is 12.1. The van der Waals surface area contributed by atoms with Crippen LogP contribution in [-0.4, -0.2) is 33.6 Å². The minimum absolute atomic E-state index is 0.0130. The molecule has 0 radical (unpaired) electrons. The van der Waals surface area contributed by atoms with Gasteiger partial charge in [-0.05, 0) is 37.4 Å². The minimum atomic E-state index is 0.0130. The summed E-state index contributed by atoms with van der Waals surface area (Å²) in [5.74, 6) is 1.40. The van der Waals surface area contributed by atoms with Crippen LogP contribution >= 0.6 is 0 Å². The molecule has 3 N–H and O–H groups in total. The van der Waals surface area contributed by atoms with Crippen LogP contribution in [0.25, 0.3) is 11.4 Å². The Balaban J connectivity index is 1.51. The van der Waals surface area contributed by atoms with Gasteiger partial charge in [-0.3, -0.25) is 9.78 Å². The van der Waals surface area contributed by atoms with Crippen molar-refractivity contribution in [2.75, 3.05) is 6.54 Å². The number of rotatable bonds is 6. The van der Waals surface area contributed by atoms with Crippen LogP contribution in [-0.2, 0) is 11.2 Å². The summed E-state index contributed by atoms with van der Waals surface area (Å²) in [6.45, 7) is 0.629. The van der Waals surface area contributed by atoms with E-state index >= 15 is 0 Å². The lowest BCUT2D eigenvalue weighted by Crippen LogP contribution is -2.39. The first-order valence-corrected chi connectivity index (χ1v) is 7.98. The molecule has 2 unspecified atom stereocenters. The van der Waals surface area contributed by atoms with E-state index in [4.69, 9.17) is 10.3 Å². The Labute approximate surface area is 134 Å². The van der Waals surface area contributed by atoms with Crippen molar-refractivity contribution in [2.24, 2.45) is 11.7 Å². The summed E-state index contributed by atoms with van der Waals surface area (Å²) in [5, 5.41) is 7.00. The summed E-state index contributed by atoms with van der Waals surface area (Å²) < 4.78 is 5.20. The average molecular weight is 315 g/mol. The van der Waals surface area contributed by atoms with Gasteiger partial charge in [0.25, 0.3) is 0 Å². The molecule has 122 valence electrons. The minimum Gasteiger partial charge on any atom is -0.353 e. The lowest BCUT2D eigenvalue weighted by molar-refractivity contribution is -0.122. The molecule has 0 saturated heterocycles. The van der Waals surface area contributed by atoms with Crippen LogP contribution in [0.5, 0.6) is 0 Å². The Hall–Kier alpha value is -2.28. The van der Waals surface area contributed by atoms with Gasteiger partial charge in [0.15, 0.2) is 0 Å². The number of hydrogen-bond donors (Lipinski definition) is 2. The zero-order valence-corrected chi connectivity index (χ0v) is 12.9. The third-order valence-corrected chi connectivity index (χ3v) is 4.28. The molecule has 2 atom stereocenters. The van der Waals surface area contributed by atoms with E-state index in [0.717, 1.165) is 24.8 Å². The van der Waals surface area contributed by atoms with Crippen LogP contribution in [0, 0.1) is 5.92 Å². The number of nitrogens with zero attached hydrogens (tertiary/aromatic N) is 3. The molecule has 7 heteroatoms. The number of carbonyl (C=O) groups excluding carboxylic acids is 1. The molecule has 2 heterocycles. The van der Waals surface area contributed by atoms with Gasteiger partial charge in [0.2, 0.25) is 17.6 Å². The van der Waals surface area contributed by atoms with Crippen molar-refractivity contribution in [3.63, 3.8) is 0 Å². The molecular weight excluding hydrogens is 294 g/mol. The summed E-state index contributed by atoms with van der Waals surface area (Å²) in [5.41, 5.74) is 6.58. The van der Waals surface area contributed by atoms with Crippen molar-refractivity contribution in [2.45, 2.75) is 38.1 Å². The molecule has 0 bridgehead atoms. The first kappa shape index (κ1) is 15.6. The summed E-state index contributed by atoms with van der Waals surface area (Å²) in [7, 11) is 0. The summed E-state index contributed by atoms with van der Waals surface area (Å²) in [6, 6.07) is 3.84. The Morgan fingerprint density at radius 1 is 1.35 bits per heavy atom. The number of hydrogen-bond acceptors (Lipinski definition) is 6. The van der Waals surface area contributed by atoms with Crippen molar-refractivity contribution in [3.8, 4) is 11.4 Å². The molecule has 0 aliphatic heterocycles. The first-order chi connectivity index (χ1) is 11.3. The highest BCUT2D eigenvalue weighted by molar-refractivity contribution is 5.76. The highest BCUT2D eigenvalue weighted by atomic mass is 16.5. The number of carbonyl (C=O) groups is 1. The number of aryl methyl sites for hydroxylation is 1. The van der Waals surface area contributed by atoms with Gasteiger partial charge in [0.05, 0.1) is 0 Å². The third-order valence-electron chi connectivity index (χ3n) is 4.28. The van der Waals surface area contributed by atoms with E-state index in [1.807, 2.05) is 12.1 Å². The molecule has 1 amide bonds. The fourth-order valence-electron chi connectivity index (χ4n) is 2.98. The fourth-order valence-corrected chi connectivity index (χ4v) is 2.98. The number of aromatic nitrogens is 3. The van der Waals surface area contributed by atoms with E-state index in [0.29, 0.717) is 37.0 Å². The largest absolute Gasteiger partial charge is 0.353 e. The molecule has 2 aromatic rings. The van der Waals surface area contributed by atoms with Gasteiger partial charge in [-0.25, -0.2) is 0 Å². The van der Waals surface area contributed by atoms with E-state index in [1.54, 1.807) is 12.4 Å². The zero-order valence-electron chi connectivity index (χ0n) is 12.9. The molecule has 23 heavy (non-hydrogen) atoms. The maximum atomic E-state index is 12.1. The Morgan fingerprint density at radius 3 is 2.96 bits per heavy atom. The molecular formula is C16H21N5O2. The smallest absolute Gasteiger partial charge is 0.227 e. The molecule has 1 aliphatic carbocycles. The highest BCUT2D eigenvalue weighted by Gasteiger charge is 2.27. The molecule has 1 fully saturated rings. The number of amides is 1. The van der Waals surface area contributed by atoms with E-state index in [1.165, 1.54) is 0 Å². The normalized spacial score (nSPS) is 20.6. The van der Waals surface area contributed by atoms with Gasteiger partial charge in [-0.1, -0.05) is 11.6 Å². The summed E-state index contributed by atoms with van der Waals surface area (Å²) >= 11 is 0. The third kappa shape index (κ3) is 3.92. The van der Waals surface area contributed by atoms with Gasteiger partial charge < -0.3 is 15.6 Å². The van der Waals surface area contributed by atoms with E-state index in [9.17, 15) is 4.79 Å². The van der Waals surface area contributed by atoms with Crippen molar-refractivity contribution in [3.05, 3.63) is 30.4 Å². The van der Waals surface area contributed by atoms with Gasteiger partial charge in [0, 0.05) is 36.8 Å². The lowest BCUT2D eigenvalue weighted by Gasteiger charge is -2.19. The first-order valence-electron chi connectivity index (χ1n) is 7.98. The van der Waals surface area contributed by atoms with Crippen molar-refractivity contribution in [1.29, 1.82) is 0 Å². The van der Waals surface area contributed by atoms with Crippen LogP contribution in [0.2, 0.25) is 0 Å². The predicted molar refractivity (Wildman–Crippen MR) is 84.2 cm³/mol. The summed E-state index contributed by atoms with van der Waals surface area (Å²) in [4.78, 5) is 20.3. The van der Waals surface area contributed by atoms with Crippen LogP contribution < -0.4 is 11.1 Å². The number of pyridine rings is 1. The van der Waals surface area contributed by atoms with Gasteiger partial charge in [0.1, 0.15) is 0 Å². The molecule has 7 nitrogen and oxygen atoms in total. The van der Waals surface area contributed by atoms with Crippen LogP contribution in [0.1, 0.15) is 31.6 Å². The van der Waals surface area contributed by atoms with Gasteiger partial charge in [-0.2, -0.15) is 4.98 Å². The Bertz CT molecular complexity index is 643. The molecule has 2 aromatic heterocycles. The van der Waals surface area contributed by atoms with Gasteiger partial charge in [-0.15, -0.1) is 0 Å². The topological polar surface area (TPSA) is 107 Å². The molecule has 0 aromatic carbocycles. The molecule has 3 rings (SSSR count). The lowest BCUT2D eigenvalue weighted by atomic mass is 10.0. The van der Waals surface area contributed by atoms with E-state index < -0.39 is 0 Å². The second kappa shape index (κ2) is 7.32. The van der Waals surface area contributed by atoms with E-state index in [-0.39, 0.29) is 11.9 Å². The summed E-state index contributed by atoms with van der Waals surface area (Å²) in [6.07, 6.45) is 7.37. The van der Waals surface area contributed by atoms with Gasteiger partial charge >= 0.3 is 0 Å². The van der Waals surface area contributed by atoms with Crippen LogP contribution in [0.15, 0.2) is 29.0 Å².